The second-order valence-corrected chi connectivity index (χ2v) is 28.8. The van der Waals surface area contributed by atoms with Crippen LogP contribution in [0.3, 0.4) is 0 Å². The molecule has 6 N–H and O–H groups in total. The average Bonchev–Trinajstić information content (AvgIpc) is 1.66. The minimum atomic E-state index is -0.211. The van der Waals surface area contributed by atoms with Gasteiger partial charge in [-0.25, -0.2) is 54.8 Å². The molecule has 13 rings (SSSR count). The fourth-order valence-corrected chi connectivity index (χ4v) is 10.7. The first-order valence-corrected chi connectivity index (χ1v) is 35.3. The second kappa shape index (κ2) is 35.4. The van der Waals surface area contributed by atoms with Crippen LogP contribution in [-0.4, -0.2) is 138 Å². The SMILES string of the molecule is C=C1N=C(C)C(C)=CN1C(C)C.C=C1NC(=O)C(C)=CN1C(C)C.C=C1NC(=O)c2ncn(C(C)(C)C)c2N1.CC(=O)c1nc[n+](C(C)C)[nH]1.Cc1nc(C)c2ccn(C(C)C)c2n1.Cc1nc(C)c2ncn(C(C)C)c2n1.Cc1nc2c(ncn2C(C)C)c(=O)[nH]1.Cc1nc2ncn(C(C)C)c2c(=O)[nH]1. The number of rotatable bonds is 8. The van der Waals surface area contributed by atoms with Crippen molar-refractivity contribution >= 4 is 73.7 Å². The van der Waals surface area contributed by atoms with Crippen molar-refractivity contribution in [2.75, 3.05) is 5.32 Å². The van der Waals surface area contributed by atoms with Crippen LogP contribution in [0.2, 0.25) is 0 Å². The number of carbonyl (C=O) groups excluding carboxylic acids is 3. The molecule has 2 amide bonds. The maximum absolute atomic E-state index is 11.6. The van der Waals surface area contributed by atoms with E-state index in [1.165, 1.54) is 12.5 Å². The van der Waals surface area contributed by atoms with Gasteiger partial charge in [0.2, 0.25) is 5.78 Å². The average molecular weight is 1450 g/mol. The highest BCUT2D eigenvalue weighted by atomic mass is 16.2. The summed E-state index contributed by atoms with van der Waals surface area (Å²) in [5, 5.41) is 12.3. The van der Waals surface area contributed by atoms with E-state index in [-0.39, 0.29) is 46.3 Å². The van der Waals surface area contributed by atoms with Crippen molar-refractivity contribution < 1.29 is 19.1 Å². The Labute approximate surface area is 619 Å². The van der Waals surface area contributed by atoms with Crippen LogP contribution >= 0.6 is 0 Å². The molecule has 31 nitrogen and oxygen atoms in total. The number of aryl methyl sites for hydroxylation is 6. The van der Waals surface area contributed by atoms with E-state index in [4.69, 9.17) is 0 Å². The maximum atomic E-state index is 11.6. The van der Waals surface area contributed by atoms with Crippen LogP contribution < -0.4 is 31.8 Å². The van der Waals surface area contributed by atoms with E-state index in [0.717, 1.165) is 62.3 Å². The minimum Gasteiger partial charge on any atom is -0.332 e. The number of aliphatic imine (C=N–C) groups is 1. The highest BCUT2D eigenvalue weighted by molar-refractivity contribution is 6.01. The molecule has 0 atom stereocenters. The van der Waals surface area contributed by atoms with E-state index in [2.05, 4.69) is 192 Å². The van der Waals surface area contributed by atoms with Gasteiger partial charge in [0.15, 0.2) is 33.7 Å². The van der Waals surface area contributed by atoms with Crippen molar-refractivity contribution in [2.45, 2.75) is 235 Å². The van der Waals surface area contributed by atoms with E-state index in [1.54, 1.807) is 50.8 Å². The molecule has 0 unspecified atom stereocenters. The number of fused-ring (bicyclic) bond motifs is 5. The standard InChI is InChI=1S/C11H15N3.C10H14N4O.C10H14N4.C10H16N2.2C9H12N4O.C9H14N2O.C7H11N3O/c1-7(2)14-6-5-10-8(3)12-9(4)13-11(10)14;1-6-12-8-7(9(15)13-6)11-5-14(8)10(2,3)4;1-6(2)14-5-11-9-7(3)12-8(4)13-10(9)14;1-7(2)12-6-8(3)9(4)11-10(12)5;1-5(2)13-4-10-8-7(13)9(14)12-6(3)11-8;1-5(2)13-4-10-7-8(13)11-6(3)12-9(7)14;1-6(2)11-5-7(3)9(12)10-8(11)4;1-5(2)10-4-8-7(9-10)6(3)11/h5-7H,1-4H3;5,12H,1H2,2-4H3,(H,13,15);5-6H,1-4H3;6-7H,5H2,1-4H3;2*4-5H,1-3H3,(H,11,12,14);5-6H,4H2,1-3H3,(H,10,12);4-5H,1-3H3/p+1. The summed E-state index contributed by atoms with van der Waals surface area (Å²) in [6.07, 6.45) is 14.4. The smallest absolute Gasteiger partial charge is 0.318 e. The molecule has 0 fully saturated rings. The lowest BCUT2D eigenvalue weighted by Crippen LogP contribution is -2.40. The van der Waals surface area contributed by atoms with Crippen molar-refractivity contribution in [2.24, 2.45) is 4.99 Å². The van der Waals surface area contributed by atoms with Crippen LogP contribution in [0.4, 0.5) is 5.82 Å². The molecule has 0 spiro atoms. The summed E-state index contributed by atoms with van der Waals surface area (Å²) >= 11 is 0. The zero-order valence-electron chi connectivity index (χ0n) is 66.8. The van der Waals surface area contributed by atoms with Gasteiger partial charge in [-0.1, -0.05) is 19.7 Å². The van der Waals surface area contributed by atoms with Gasteiger partial charge >= 0.3 is 12.2 Å². The molecule has 0 saturated heterocycles. The zero-order chi connectivity index (χ0) is 79.4. The third kappa shape index (κ3) is 20.9. The Bertz CT molecular complexity index is 4960. The summed E-state index contributed by atoms with van der Waals surface area (Å²) in [6.45, 7) is 65.2. The number of aromatic nitrogens is 20. The van der Waals surface area contributed by atoms with Gasteiger partial charge in [-0.15, -0.1) is 0 Å². The number of carbonyl (C=O) groups is 3. The van der Waals surface area contributed by atoms with Gasteiger partial charge in [-0.05, 0) is 197 Å². The molecule has 0 aromatic carbocycles. The number of H-pyrrole nitrogens is 3. The van der Waals surface area contributed by atoms with Crippen molar-refractivity contribution in [3.63, 3.8) is 0 Å². The molecular weight excluding hydrogens is 1350 g/mol. The molecule has 10 aromatic heterocycles. The largest absolute Gasteiger partial charge is 0.332 e. The molecular formula is C75H109N26O5+. The van der Waals surface area contributed by atoms with E-state index in [0.29, 0.717) is 93.2 Å². The third-order valence-corrected chi connectivity index (χ3v) is 16.5. The Hall–Kier alpha value is -11.4. The molecule has 0 aliphatic carbocycles. The molecule has 13 heterocycles. The fraction of sp³-hybridized carbons (Fsp3) is 0.467. The number of nitrogens with one attached hydrogen (secondary N) is 6. The predicted octanol–water partition coefficient (Wildman–Crippen LogP) is 12.2. The van der Waals surface area contributed by atoms with Gasteiger partial charge in [-0.3, -0.25) is 24.0 Å². The normalized spacial score (nSPS) is 13.5. The summed E-state index contributed by atoms with van der Waals surface area (Å²) in [5.41, 5.74) is 10.0. The Morgan fingerprint density at radius 1 is 0.528 bits per heavy atom. The van der Waals surface area contributed by atoms with Gasteiger partial charge in [0.1, 0.15) is 63.8 Å². The van der Waals surface area contributed by atoms with Crippen LogP contribution in [0.15, 0.2) is 119 Å². The van der Waals surface area contributed by atoms with Crippen molar-refractivity contribution in [3.05, 3.63) is 172 Å². The molecule has 568 valence electrons. The number of allylic oxidation sites excluding steroid dienone is 1. The number of Topliss-reactive ketones (excluding diaryl/α,β-unsaturated/α-hetero) is 1. The van der Waals surface area contributed by atoms with Crippen molar-refractivity contribution in [1.29, 1.82) is 0 Å². The molecule has 0 radical (unpaired) electrons. The third-order valence-electron chi connectivity index (χ3n) is 16.5. The number of anilines is 1. The maximum Gasteiger partial charge on any atom is 0.318 e. The Balaban J connectivity index is 0.000000190. The van der Waals surface area contributed by atoms with Crippen LogP contribution in [0.25, 0.3) is 44.5 Å². The van der Waals surface area contributed by atoms with Gasteiger partial charge in [0.25, 0.3) is 22.9 Å². The Kier molecular flexibility index (Phi) is 27.9. The lowest BCUT2D eigenvalue weighted by atomic mass is 10.1. The molecule has 31 heteroatoms. The zero-order valence-corrected chi connectivity index (χ0v) is 66.8. The van der Waals surface area contributed by atoms with Gasteiger partial charge in [0, 0.05) is 84.0 Å². The first-order chi connectivity index (χ1) is 49.4. The van der Waals surface area contributed by atoms with Gasteiger partial charge < -0.3 is 58.6 Å². The first kappa shape index (κ1) is 83.5. The number of imidazole rings is 4. The second-order valence-electron chi connectivity index (χ2n) is 28.8. The van der Waals surface area contributed by atoms with Crippen LogP contribution in [0, 0.1) is 41.5 Å². The number of nitrogens with zero attached hydrogens (tertiary/aromatic N) is 20. The number of hydrogen-bond donors (Lipinski definition) is 6. The molecule has 0 saturated carbocycles. The van der Waals surface area contributed by atoms with E-state index < -0.39 is 0 Å². The molecule has 3 aliphatic heterocycles. The number of amides is 2. The highest BCUT2D eigenvalue weighted by Crippen LogP contribution is 2.28. The van der Waals surface area contributed by atoms with Crippen molar-refractivity contribution in [1.82, 2.24) is 113 Å². The Morgan fingerprint density at radius 3 is 1.59 bits per heavy atom. The fourth-order valence-electron chi connectivity index (χ4n) is 10.7. The lowest BCUT2D eigenvalue weighted by molar-refractivity contribution is -0.769. The first-order valence-electron chi connectivity index (χ1n) is 35.3. The molecule has 10 aromatic rings. The van der Waals surface area contributed by atoms with E-state index >= 15 is 0 Å². The number of hydrogen-bond acceptors (Lipinski definition) is 20. The number of aromatic amines is 3. The summed E-state index contributed by atoms with van der Waals surface area (Å²) in [6, 6.07) is 4.46. The molecule has 0 bridgehead atoms. The molecule has 3 aliphatic rings. The number of ketones is 1. The van der Waals surface area contributed by atoms with Crippen molar-refractivity contribution in [3.8, 4) is 0 Å². The Morgan fingerprint density at radius 2 is 1.06 bits per heavy atom. The minimum absolute atomic E-state index is 0.0376. The van der Waals surface area contributed by atoms with Crippen LogP contribution in [0.5, 0.6) is 0 Å². The summed E-state index contributed by atoms with van der Waals surface area (Å²) in [5.74, 6) is 5.65. The monoisotopic (exact) mass is 1450 g/mol. The van der Waals surface area contributed by atoms with Crippen LogP contribution in [0.1, 0.15) is 231 Å². The van der Waals surface area contributed by atoms with Gasteiger partial charge in [0.05, 0.1) is 36.7 Å². The topological polar surface area (TPSA) is 358 Å². The quantitative estimate of drug-likeness (QED) is 0.0608. The van der Waals surface area contributed by atoms with E-state index in [1.807, 2.05) is 142 Å². The van der Waals surface area contributed by atoms with Gasteiger partial charge in [-0.2, -0.15) is 9.78 Å². The molecule has 106 heavy (non-hydrogen) atoms. The van der Waals surface area contributed by atoms with Crippen LogP contribution in [-0.2, 0) is 10.3 Å². The predicted molar refractivity (Wildman–Crippen MR) is 417 cm³/mol. The lowest BCUT2D eigenvalue weighted by Gasteiger charge is -2.31. The highest BCUT2D eigenvalue weighted by Gasteiger charge is 2.28. The summed E-state index contributed by atoms with van der Waals surface area (Å²) in [4.78, 5) is 117. The summed E-state index contributed by atoms with van der Waals surface area (Å²) < 4.78 is 11.7. The summed E-state index contributed by atoms with van der Waals surface area (Å²) in [7, 11) is 0. The van der Waals surface area contributed by atoms with E-state index in [9.17, 15) is 24.0 Å².